The van der Waals surface area contributed by atoms with Gasteiger partial charge in [-0.3, -0.25) is 0 Å². The van der Waals surface area contributed by atoms with Crippen molar-refractivity contribution in [2.24, 2.45) is 0 Å². The fourth-order valence-corrected chi connectivity index (χ4v) is 4.07. The summed E-state index contributed by atoms with van der Waals surface area (Å²) >= 11 is 7.10. The van der Waals surface area contributed by atoms with Crippen LogP contribution in [0.2, 0.25) is 0 Å². The number of rotatable bonds is 3. The molecule has 0 aliphatic rings. The summed E-state index contributed by atoms with van der Waals surface area (Å²) in [5.74, 6) is 0.701. The van der Waals surface area contributed by atoms with Gasteiger partial charge in [-0.15, -0.1) is 0 Å². The van der Waals surface area contributed by atoms with E-state index in [9.17, 15) is 0 Å². The van der Waals surface area contributed by atoms with E-state index in [1.165, 1.54) is 0 Å². The zero-order chi connectivity index (χ0) is 17.9. The molecular formula is C22H14Br2N2. The van der Waals surface area contributed by atoms with Gasteiger partial charge >= 0.3 is 0 Å². The second-order valence-corrected chi connectivity index (χ2v) is 7.68. The molecule has 1 aromatic heterocycles. The van der Waals surface area contributed by atoms with Crippen LogP contribution in [0.25, 0.3) is 33.9 Å². The SMILES string of the molecule is Brc1cc(Br)cc(-c2nc(-c3ccccc3)cc(-c3ccccc3)n2)c1. The molecule has 0 unspecified atom stereocenters. The Morgan fingerprint density at radius 2 is 0.962 bits per heavy atom. The molecule has 126 valence electrons. The van der Waals surface area contributed by atoms with Crippen molar-refractivity contribution in [2.45, 2.75) is 0 Å². The molecule has 0 saturated carbocycles. The zero-order valence-corrected chi connectivity index (χ0v) is 16.9. The van der Waals surface area contributed by atoms with E-state index in [4.69, 9.17) is 9.97 Å². The highest BCUT2D eigenvalue weighted by Gasteiger charge is 2.11. The third-order valence-corrected chi connectivity index (χ3v) is 4.90. The summed E-state index contributed by atoms with van der Waals surface area (Å²) in [6.07, 6.45) is 0. The van der Waals surface area contributed by atoms with Crippen molar-refractivity contribution < 1.29 is 0 Å². The number of nitrogens with zero attached hydrogens (tertiary/aromatic N) is 2. The van der Waals surface area contributed by atoms with Crippen molar-refractivity contribution in [3.63, 3.8) is 0 Å². The molecule has 0 saturated heterocycles. The predicted octanol–water partition coefficient (Wildman–Crippen LogP) is 7.00. The first-order valence-corrected chi connectivity index (χ1v) is 9.74. The Hall–Kier alpha value is -2.30. The van der Waals surface area contributed by atoms with E-state index in [1.54, 1.807) is 0 Å². The van der Waals surface area contributed by atoms with Crippen LogP contribution in [0.5, 0.6) is 0 Å². The molecule has 0 bridgehead atoms. The Balaban J connectivity index is 1.93. The normalized spacial score (nSPS) is 10.7. The average Bonchev–Trinajstić information content (AvgIpc) is 2.68. The summed E-state index contributed by atoms with van der Waals surface area (Å²) in [5.41, 5.74) is 4.92. The highest BCUT2D eigenvalue weighted by Crippen LogP contribution is 2.30. The molecule has 0 amide bonds. The van der Waals surface area contributed by atoms with Gasteiger partial charge in [-0.05, 0) is 24.3 Å². The summed E-state index contributed by atoms with van der Waals surface area (Å²) in [6, 6.07) is 28.5. The number of hydrogen-bond acceptors (Lipinski definition) is 2. The molecule has 26 heavy (non-hydrogen) atoms. The molecule has 0 spiro atoms. The van der Waals surface area contributed by atoms with Gasteiger partial charge in [0.2, 0.25) is 0 Å². The molecule has 0 aliphatic heterocycles. The molecule has 1 heterocycles. The maximum atomic E-state index is 4.83. The molecule has 3 aromatic carbocycles. The maximum Gasteiger partial charge on any atom is 0.160 e. The first-order chi connectivity index (χ1) is 12.7. The molecule has 0 radical (unpaired) electrons. The second-order valence-electron chi connectivity index (χ2n) is 5.85. The van der Waals surface area contributed by atoms with E-state index in [-0.39, 0.29) is 0 Å². The van der Waals surface area contributed by atoms with Crippen LogP contribution < -0.4 is 0 Å². The third-order valence-electron chi connectivity index (χ3n) is 3.99. The summed E-state index contributed by atoms with van der Waals surface area (Å²) in [5, 5.41) is 0. The summed E-state index contributed by atoms with van der Waals surface area (Å²) in [6.45, 7) is 0. The molecule has 4 rings (SSSR count). The summed E-state index contributed by atoms with van der Waals surface area (Å²) < 4.78 is 1.97. The Morgan fingerprint density at radius 3 is 1.42 bits per heavy atom. The van der Waals surface area contributed by atoms with Gasteiger partial charge in [-0.2, -0.15) is 0 Å². The fraction of sp³-hybridized carbons (Fsp3) is 0. The van der Waals surface area contributed by atoms with Gasteiger partial charge in [0, 0.05) is 25.6 Å². The topological polar surface area (TPSA) is 25.8 Å². The summed E-state index contributed by atoms with van der Waals surface area (Å²) in [4.78, 5) is 9.66. The van der Waals surface area contributed by atoms with Crippen LogP contribution in [0.1, 0.15) is 0 Å². The van der Waals surface area contributed by atoms with Crippen molar-refractivity contribution in [2.75, 3.05) is 0 Å². The lowest BCUT2D eigenvalue weighted by Crippen LogP contribution is -1.96. The quantitative estimate of drug-likeness (QED) is 0.325. The Morgan fingerprint density at radius 1 is 0.500 bits per heavy atom. The Kier molecular flexibility index (Phi) is 4.96. The molecule has 0 atom stereocenters. The molecule has 0 aliphatic carbocycles. The van der Waals surface area contributed by atoms with Gasteiger partial charge in [0.25, 0.3) is 0 Å². The molecule has 0 N–H and O–H groups in total. The van der Waals surface area contributed by atoms with Gasteiger partial charge in [-0.25, -0.2) is 9.97 Å². The highest BCUT2D eigenvalue weighted by molar-refractivity contribution is 9.11. The lowest BCUT2D eigenvalue weighted by atomic mass is 10.1. The first-order valence-electron chi connectivity index (χ1n) is 8.15. The second kappa shape index (κ2) is 7.52. The van der Waals surface area contributed by atoms with Gasteiger partial charge in [0.15, 0.2) is 5.82 Å². The van der Waals surface area contributed by atoms with E-state index in [2.05, 4.69) is 56.1 Å². The van der Waals surface area contributed by atoms with Crippen LogP contribution in [0.4, 0.5) is 0 Å². The largest absolute Gasteiger partial charge is 0.228 e. The molecule has 4 heteroatoms. The van der Waals surface area contributed by atoms with Gasteiger partial charge in [-0.1, -0.05) is 92.5 Å². The van der Waals surface area contributed by atoms with Crippen molar-refractivity contribution in [1.29, 1.82) is 0 Å². The van der Waals surface area contributed by atoms with Crippen LogP contribution in [0.3, 0.4) is 0 Å². The Bertz CT molecular complexity index is 970. The number of halogens is 2. The van der Waals surface area contributed by atoms with Gasteiger partial charge in [0.05, 0.1) is 11.4 Å². The van der Waals surface area contributed by atoms with Crippen molar-refractivity contribution in [3.8, 4) is 33.9 Å². The van der Waals surface area contributed by atoms with Gasteiger partial charge in [0.1, 0.15) is 0 Å². The lowest BCUT2D eigenvalue weighted by molar-refractivity contribution is 1.18. The Labute approximate surface area is 169 Å². The van der Waals surface area contributed by atoms with E-state index >= 15 is 0 Å². The average molecular weight is 466 g/mol. The monoisotopic (exact) mass is 464 g/mol. The van der Waals surface area contributed by atoms with Crippen molar-refractivity contribution in [3.05, 3.63) is 93.9 Å². The van der Waals surface area contributed by atoms with Crippen LogP contribution in [-0.4, -0.2) is 9.97 Å². The minimum absolute atomic E-state index is 0.701. The van der Waals surface area contributed by atoms with Crippen LogP contribution in [0.15, 0.2) is 93.9 Å². The first kappa shape index (κ1) is 17.1. The van der Waals surface area contributed by atoms with Gasteiger partial charge < -0.3 is 0 Å². The standard InChI is InChI=1S/C22H14Br2N2/c23-18-11-17(12-19(24)13-18)22-25-20(15-7-3-1-4-8-15)14-21(26-22)16-9-5-2-6-10-16/h1-14H. The van der Waals surface area contributed by atoms with E-state index in [0.717, 1.165) is 37.0 Å². The van der Waals surface area contributed by atoms with E-state index in [1.807, 2.05) is 60.7 Å². The predicted molar refractivity (Wildman–Crippen MR) is 114 cm³/mol. The smallest absolute Gasteiger partial charge is 0.160 e. The number of hydrogen-bond donors (Lipinski definition) is 0. The van der Waals surface area contributed by atoms with Crippen molar-refractivity contribution >= 4 is 31.9 Å². The van der Waals surface area contributed by atoms with Crippen molar-refractivity contribution in [1.82, 2.24) is 9.97 Å². The lowest BCUT2D eigenvalue weighted by Gasteiger charge is -2.10. The number of aromatic nitrogens is 2. The van der Waals surface area contributed by atoms with E-state index < -0.39 is 0 Å². The fourth-order valence-electron chi connectivity index (χ4n) is 2.77. The van der Waals surface area contributed by atoms with E-state index in [0.29, 0.717) is 5.82 Å². The molecule has 4 aromatic rings. The summed E-state index contributed by atoms with van der Waals surface area (Å²) in [7, 11) is 0. The van der Waals surface area contributed by atoms with Crippen LogP contribution >= 0.6 is 31.9 Å². The molecule has 2 nitrogen and oxygen atoms in total. The zero-order valence-electron chi connectivity index (χ0n) is 13.7. The molecule has 0 fully saturated rings. The minimum Gasteiger partial charge on any atom is -0.228 e. The minimum atomic E-state index is 0.701. The van der Waals surface area contributed by atoms with Crippen LogP contribution in [0, 0.1) is 0 Å². The molecular weight excluding hydrogens is 452 g/mol. The maximum absolute atomic E-state index is 4.83. The number of benzene rings is 3. The third kappa shape index (κ3) is 3.76. The van der Waals surface area contributed by atoms with Crippen LogP contribution in [-0.2, 0) is 0 Å². The highest BCUT2D eigenvalue weighted by atomic mass is 79.9.